The summed E-state index contributed by atoms with van der Waals surface area (Å²) in [6.45, 7) is 2.05. The summed E-state index contributed by atoms with van der Waals surface area (Å²) in [6.07, 6.45) is 8.59. The second-order valence-electron chi connectivity index (χ2n) is 5.54. The molecule has 1 aliphatic rings. The number of nitrogens with zero attached hydrogens (tertiary/aromatic N) is 1. The summed E-state index contributed by atoms with van der Waals surface area (Å²) in [5.41, 5.74) is 1.13. The SMILES string of the molecule is c1ccc2sc(CNCCCC3CCCC3)nc2c1. The van der Waals surface area contributed by atoms with Gasteiger partial charge in [-0.2, -0.15) is 0 Å². The fourth-order valence-corrected chi connectivity index (χ4v) is 3.94. The average Bonchev–Trinajstić information content (AvgIpc) is 3.06. The Morgan fingerprint density at radius 2 is 2.05 bits per heavy atom. The molecule has 1 aromatic carbocycles. The summed E-state index contributed by atoms with van der Waals surface area (Å²) < 4.78 is 1.30. The predicted octanol–water partition coefficient (Wildman–Crippen LogP) is 4.36. The fourth-order valence-electron chi connectivity index (χ4n) is 3.01. The molecule has 0 unspecified atom stereocenters. The van der Waals surface area contributed by atoms with Crippen molar-refractivity contribution in [1.29, 1.82) is 0 Å². The zero-order valence-electron chi connectivity index (χ0n) is 11.4. The summed E-state index contributed by atoms with van der Waals surface area (Å²) in [6, 6.07) is 8.38. The van der Waals surface area contributed by atoms with E-state index in [1.807, 2.05) is 11.3 Å². The Kier molecular flexibility index (Phi) is 4.46. The predicted molar refractivity (Wildman–Crippen MR) is 82.5 cm³/mol. The van der Waals surface area contributed by atoms with Gasteiger partial charge in [-0.05, 0) is 37.4 Å². The van der Waals surface area contributed by atoms with Crippen LogP contribution in [0.25, 0.3) is 10.2 Å². The maximum absolute atomic E-state index is 4.64. The van der Waals surface area contributed by atoms with Gasteiger partial charge in [-0.1, -0.05) is 37.8 Å². The standard InChI is InChI=1S/C16H22N2S/c1-2-7-13(6-1)8-5-11-17-12-16-18-14-9-3-4-10-15(14)19-16/h3-4,9-10,13,17H,1-2,5-8,11-12H2. The number of benzene rings is 1. The molecule has 19 heavy (non-hydrogen) atoms. The van der Waals surface area contributed by atoms with Crippen molar-refractivity contribution in [2.45, 2.75) is 45.1 Å². The highest BCUT2D eigenvalue weighted by Gasteiger charge is 2.13. The Hall–Kier alpha value is -0.930. The second kappa shape index (κ2) is 6.49. The molecule has 102 valence electrons. The number of hydrogen-bond acceptors (Lipinski definition) is 3. The summed E-state index contributed by atoms with van der Waals surface area (Å²) in [5.74, 6) is 1.02. The van der Waals surface area contributed by atoms with Crippen molar-refractivity contribution in [3.63, 3.8) is 0 Å². The van der Waals surface area contributed by atoms with Crippen molar-refractivity contribution in [1.82, 2.24) is 10.3 Å². The van der Waals surface area contributed by atoms with E-state index in [1.54, 1.807) is 0 Å². The molecule has 1 heterocycles. The van der Waals surface area contributed by atoms with Crippen LogP contribution in [0.5, 0.6) is 0 Å². The summed E-state index contributed by atoms with van der Waals surface area (Å²) in [4.78, 5) is 4.64. The molecule has 0 aliphatic heterocycles. The van der Waals surface area contributed by atoms with Crippen molar-refractivity contribution in [2.75, 3.05) is 6.54 Å². The highest BCUT2D eigenvalue weighted by Crippen LogP contribution is 2.28. The second-order valence-corrected chi connectivity index (χ2v) is 6.66. The molecule has 0 spiro atoms. The number of hydrogen-bond donors (Lipinski definition) is 1. The number of rotatable bonds is 6. The van der Waals surface area contributed by atoms with Crippen molar-refractivity contribution in [3.05, 3.63) is 29.3 Å². The molecule has 0 radical (unpaired) electrons. The highest BCUT2D eigenvalue weighted by atomic mass is 32.1. The molecule has 3 rings (SSSR count). The van der Waals surface area contributed by atoms with Gasteiger partial charge in [0.1, 0.15) is 5.01 Å². The van der Waals surface area contributed by atoms with Crippen molar-refractivity contribution < 1.29 is 0 Å². The first-order valence-corrected chi connectivity index (χ1v) is 8.28. The van der Waals surface area contributed by atoms with Crippen LogP contribution < -0.4 is 5.32 Å². The van der Waals surface area contributed by atoms with E-state index in [0.717, 1.165) is 24.5 Å². The largest absolute Gasteiger partial charge is 0.310 e. The molecule has 1 aliphatic carbocycles. The Balaban J connectivity index is 1.39. The number of fused-ring (bicyclic) bond motifs is 1. The Morgan fingerprint density at radius 1 is 1.21 bits per heavy atom. The van der Waals surface area contributed by atoms with Crippen molar-refractivity contribution >= 4 is 21.6 Å². The third kappa shape index (κ3) is 3.54. The quantitative estimate of drug-likeness (QED) is 0.792. The van der Waals surface area contributed by atoms with Gasteiger partial charge in [0.2, 0.25) is 0 Å². The molecule has 3 heteroatoms. The van der Waals surface area contributed by atoms with E-state index in [2.05, 4.69) is 34.6 Å². The topological polar surface area (TPSA) is 24.9 Å². The van der Waals surface area contributed by atoms with Gasteiger partial charge in [-0.25, -0.2) is 4.98 Å². The van der Waals surface area contributed by atoms with Crippen LogP contribution in [0.4, 0.5) is 0 Å². The Labute approximate surface area is 119 Å². The molecule has 1 aromatic heterocycles. The lowest BCUT2D eigenvalue weighted by molar-refractivity contribution is 0.470. The molecule has 0 atom stereocenters. The van der Waals surface area contributed by atoms with Crippen LogP contribution in [-0.4, -0.2) is 11.5 Å². The van der Waals surface area contributed by atoms with Crippen LogP contribution in [0.15, 0.2) is 24.3 Å². The third-order valence-corrected chi connectivity index (χ3v) is 5.09. The first-order valence-electron chi connectivity index (χ1n) is 7.47. The van der Waals surface area contributed by atoms with Crippen molar-refractivity contribution in [2.24, 2.45) is 5.92 Å². The third-order valence-electron chi connectivity index (χ3n) is 4.06. The van der Waals surface area contributed by atoms with Gasteiger partial charge < -0.3 is 5.32 Å². The first-order chi connectivity index (χ1) is 9.42. The van der Waals surface area contributed by atoms with Crippen LogP contribution in [0, 0.1) is 5.92 Å². The maximum Gasteiger partial charge on any atom is 0.108 e. The van der Waals surface area contributed by atoms with Gasteiger partial charge in [0.05, 0.1) is 10.2 Å². The van der Waals surface area contributed by atoms with E-state index >= 15 is 0 Å². The van der Waals surface area contributed by atoms with E-state index in [4.69, 9.17) is 0 Å². The number of para-hydroxylation sites is 1. The van der Waals surface area contributed by atoms with E-state index in [-0.39, 0.29) is 0 Å². The lowest BCUT2D eigenvalue weighted by atomic mass is 10.0. The van der Waals surface area contributed by atoms with E-state index in [9.17, 15) is 0 Å². The number of thiazole rings is 1. The zero-order valence-corrected chi connectivity index (χ0v) is 12.2. The van der Waals surface area contributed by atoms with Gasteiger partial charge in [0, 0.05) is 6.54 Å². The number of nitrogens with one attached hydrogen (secondary N) is 1. The van der Waals surface area contributed by atoms with Crippen LogP contribution in [0.2, 0.25) is 0 Å². The molecule has 2 nitrogen and oxygen atoms in total. The van der Waals surface area contributed by atoms with E-state index in [0.29, 0.717) is 0 Å². The molecule has 0 saturated heterocycles. The lowest BCUT2D eigenvalue weighted by Gasteiger charge is -2.08. The van der Waals surface area contributed by atoms with E-state index in [1.165, 1.54) is 48.2 Å². The molecule has 0 amide bonds. The van der Waals surface area contributed by atoms with E-state index < -0.39 is 0 Å². The summed E-state index contributed by atoms with van der Waals surface area (Å²) in [7, 11) is 0. The molecule has 0 bridgehead atoms. The summed E-state index contributed by atoms with van der Waals surface area (Å²) >= 11 is 1.81. The highest BCUT2D eigenvalue weighted by molar-refractivity contribution is 7.18. The molecular formula is C16H22N2S. The molecule has 1 fully saturated rings. The van der Waals surface area contributed by atoms with Gasteiger partial charge >= 0.3 is 0 Å². The lowest BCUT2D eigenvalue weighted by Crippen LogP contribution is -2.15. The minimum Gasteiger partial charge on any atom is -0.310 e. The van der Waals surface area contributed by atoms with Gasteiger partial charge in [-0.3, -0.25) is 0 Å². The van der Waals surface area contributed by atoms with Crippen LogP contribution in [0.1, 0.15) is 43.5 Å². The van der Waals surface area contributed by atoms with Crippen LogP contribution >= 0.6 is 11.3 Å². The summed E-state index contributed by atoms with van der Waals surface area (Å²) in [5, 5.41) is 4.74. The monoisotopic (exact) mass is 274 g/mol. The van der Waals surface area contributed by atoms with Gasteiger partial charge in [0.25, 0.3) is 0 Å². The van der Waals surface area contributed by atoms with Gasteiger partial charge in [-0.15, -0.1) is 11.3 Å². The smallest absolute Gasteiger partial charge is 0.108 e. The van der Waals surface area contributed by atoms with Gasteiger partial charge in [0.15, 0.2) is 0 Å². The Morgan fingerprint density at radius 3 is 2.89 bits per heavy atom. The fraction of sp³-hybridized carbons (Fsp3) is 0.562. The normalized spacial score (nSPS) is 16.4. The van der Waals surface area contributed by atoms with Crippen LogP contribution in [0.3, 0.4) is 0 Å². The Bertz CT molecular complexity index is 481. The maximum atomic E-state index is 4.64. The molecule has 1 N–H and O–H groups in total. The molecular weight excluding hydrogens is 252 g/mol. The minimum atomic E-state index is 0.921. The molecule has 1 saturated carbocycles. The minimum absolute atomic E-state index is 0.921. The average molecular weight is 274 g/mol. The zero-order chi connectivity index (χ0) is 12.9. The van der Waals surface area contributed by atoms with Crippen molar-refractivity contribution in [3.8, 4) is 0 Å². The van der Waals surface area contributed by atoms with Crippen LogP contribution in [-0.2, 0) is 6.54 Å². The first kappa shape index (κ1) is 13.1. The number of aromatic nitrogens is 1. The molecule has 2 aromatic rings.